The molecule has 1 atom stereocenters. The van der Waals surface area contributed by atoms with Crippen LogP contribution in [0.15, 0.2) is 23.3 Å². The normalized spacial score (nSPS) is 15.6. The molecular weight excluding hydrogens is 579 g/mol. The predicted molar refractivity (Wildman–Crippen MR) is 150 cm³/mol. The molecule has 0 bridgehead atoms. The third-order valence-electron chi connectivity index (χ3n) is 4.95. The number of carbonyl (C=O) groups is 5. The van der Waals surface area contributed by atoms with E-state index in [1.165, 1.54) is 12.1 Å². The van der Waals surface area contributed by atoms with Gasteiger partial charge < -0.3 is 29.0 Å². The minimum Gasteiger partial charge on any atom is -0.468 e. The number of halogens is 1. The van der Waals surface area contributed by atoms with E-state index in [0.717, 1.165) is 25.2 Å². The molecule has 0 unspecified atom stereocenters. The van der Waals surface area contributed by atoms with Crippen LogP contribution in [0.25, 0.3) is 0 Å². The van der Waals surface area contributed by atoms with Crippen LogP contribution in [0, 0.1) is 5.82 Å². The molecule has 2 N–H and O–H groups in total. The smallest absolute Gasteiger partial charge is 0.428 e. The number of hydrogen-bond donors (Lipinski definition) is 2. The Morgan fingerprint density at radius 3 is 2.14 bits per heavy atom. The highest BCUT2D eigenvalue weighted by molar-refractivity contribution is 8.16. The third-order valence-corrected chi connectivity index (χ3v) is 6.10. The Hall–Kier alpha value is -4.08. The summed E-state index contributed by atoms with van der Waals surface area (Å²) in [7, 11) is 2.10. The second-order valence-corrected chi connectivity index (χ2v) is 11.8. The molecule has 0 aromatic heterocycles. The van der Waals surface area contributed by atoms with Crippen LogP contribution >= 0.6 is 11.8 Å². The molecule has 1 heterocycles. The lowest BCUT2D eigenvalue weighted by molar-refractivity contribution is -0.150. The van der Waals surface area contributed by atoms with Crippen molar-refractivity contribution in [2.24, 2.45) is 5.10 Å². The number of benzene rings is 1. The van der Waals surface area contributed by atoms with E-state index in [4.69, 9.17) is 14.2 Å². The van der Waals surface area contributed by atoms with Crippen LogP contribution in [0.3, 0.4) is 0 Å². The highest BCUT2D eigenvalue weighted by Gasteiger charge is 2.35. The second kappa shape index (κ2) is 14.2. The number of esters is 2. The number of thioether (sulfide) groups is 1. The Bertz CT molecular complexity index is 1210. The van der Waals surface area contributed by atoms with Gasteiger partial charge in [-0.05, 0) is 59.7 Å². The Morgan fingerprint density at radius 1 is 1.05 bits per heavy atom. The SMILES string of the molecule is COC(=O)C(SC(=NNC(=O)OC(C)(C)C)c1ccc(N2C[C@@H](CNC(=O)OC(C)(C)C)OC2=O)cc1F)C(=O)OC. The summed E-state index contributed by atoms with van der Waals surface area (Å²) in [5.74, 6) is -2.92. The fourth-order valence-electron chi connectivity index (χ4n) is 3.26. The first-order chi connectivity index (χ1) is 19.4. The number of hydrazone groups is 1. The average molecular weight is 615 g/mol. The zero-order chi connectivity index (χ0) is 31.8. The maximum Gasteiger partial charge on any atom is 0.428 e. The van der Waals surface area contributed by atoms with Crippen molar-refractivity contribution in [1.82, 2.24) is 10.7 Å². The molecule has 16 heteroatoms. The lowest BCUT2D eigenvalue weighted by Gasteiger charge is -2.20. The molecule has 0 radical (unpaired) electrons. The van der Waals surface area contributed by atoms with Gasteiger partial charge in [0.2, 0.25) is 5.25 Å². The molecule has 1 aliphatic heterocycles. The first-order valence-corrected chi connectivity index (χ1v) is 13.5. The van der Waals surface area contributed by atoms with Crippen LogP contribution in [-0.4, -0.2) is 85.1 Å². The van der Waals surface area contributed by atoms with Crippen molar-refractivity contribution in [2.45, 2.75) is 64.1 Å². The Kier molecular flexibility index (Phi) is 11.5. The van der Waals surface area contributed by atoms with Crippen molar-refractivity contribution in [2.75, 3.05) is 32.2 Å². The van der Waals surface area contributed by atoms with Crippen LogP contribution in [0.4, 0.5) is 24.5 Å². The molecule has 0 aliphatic carbocycles. The maximum atomic E-state index is 15.5. The average Bonchev–Trinajstić information content (AvgIpc) is 3.25. The van der Waals surface area contributed by atoms with E-state index in [1.807, 2.05) is 0 Å². The van der Waals surface area contributed by atoms with Gasteiger partial charge in [-0.25, -0.2) is 24.2 Å². The van der Waals surface area contributed by atoms with E-state index in [9.17, 15) is 24.0 Å². The van der Waals surface area contributed by atoms with Crippen molar-refractivity contribution >= 4 is 52.7 Å². The molecule has 3 amide bonds. The Balaban J connectivity index is 2.30. The molecule has 1 aromatic rings. The number of anilines is 1. The molecule has 1 saturated heterocycles. The summed E-state index contributed by atoms with van der Waals surface area (Å²) in [4.78, 5) is 62.2. The fourth-order valence-corrected chi connectivity index (χ4v) is 4.26. The highest BCUT2D eigenvalue weighted by atomic mass is 32.2. The van der Waals surface area contributed by atoms with E-state index in [1.54, 1.807) is 41.5 Å². The third kappa shape index (κ3) is 10.4. The minimum atomic E-state index is -1.61. The summed E-state index contributed by atoms with van der Waals surface area (Å²) in [5, 5.41) is 4.49. The molecule has 1 aromatic carbocycles. The quantitative estimate of drug-likeness (QED) is 0.110. The summed E-state index contributed by atoms with van der Waals surface area (Å²) in [6.45, 7) is 9.93. The largest absolute Gasteiger partial charge is 0.468 e. The number of hydrogen-bond acceptors (Lipinski definition) is 12. The van der Waals surface area contributed by atoms with E-state index >= 15 is 4.39 Å². The molecule has 232 valence electrons. The number of cyclic esters (lactones) is 1. The summed E-state index contributed by atoms with van der Waals surface area (Å²) >= 11 is 0.468. The standard InChI is InChI=1S/C26H35FN4O10S/c1-25(2,3)40-22(34)28-12-15-13-31(24(36)39-15)14-9-10-16(17(27)11-14)19(29-30-23(35)41-26(4,5)6)42-18(20(32)37-7)21(33)38-8/h9-11,15,18H,12-13H2,1-8H3,(H,28,34)(H,30,35)/t15-/m1/s1. The molecule has 14 nitrogen and oxygen atoms in total. The van der Waals surface area contributed by atoms with E-state index in [-0.39, 0.29) is 29.4 Å². The summed E-state index contributed by atoms with van der Waals surface area (Å²) in [5.41, 5.74) is 0.415. The first-order valence-electron chi connectivity index (χ1n) is 12.6. The predicted octanol–water partition coefficient (Wildman–Crippen LogP) is 3.31. The van der Waals surface area contributed by atoms with Gasteiger partial charge in [-0.15, -0.1) is 0 Å². The number of alkyl carbamates (subject to hydrolysis) is 1. The lowest BCUT2D eigenvalue weighted by Crippen LogP contribution is -2.38. The van der Waals surface area contributed by atoms with Gasteiger partial charge in [-0.1, -0.05) is 11.8 Å². The molecule has 1 fully saturated rings. The number of rotatable bonds is 8. The molecule has 2 rings (SSSR count). The minimum absolute atomic E-state index is 0.00390. The van der Waals surface area contributed by atoms with Crippen LogP contribution in [0.2, 0.25) is 0 Å². The summed E-state index contributed by atoms with van der Waals surface area (Å²) in [6, 6.07) is 3.62. The second-order valence-electron chi connectivity index (χ2n) is 10.7. The number of amides is 3. The number of carbonyl (C=O) groups excluding carboxylic acids is 5. The van der Waals surface area contributed by atoms with Crippen molar-refractivity contribution in [1.29, 1.82) is 0 Å². The van der Waals surface area contributed by atoms with Crippen molar-refractivity contribution in [3.63, 3.8) is 0 Å². The van der Waals surface area contributed by atoms with Gasteiger partial charge in [0.1, 0.15) is 28.2 Å². The Labute approximate surface area is 246 Å². The van der Waals surface area contributed by atoms with Crippen molar-refractivity contribution < 1.29 is 52.0 Å². The molecule has 42 heavy (non-hydrogen) atoms. The first kappa shape index (κ1) is 34.1. The summed E-state index contributed by atoms with van der Waals surface area (Å²) < 4.78 is 40.3. The number of nitrogens with one attached hydrogen (secondary N) is 2. The van der Waals surface area contributed by atoms with Gasteiger partial charge in [0.15, 0.2) is 0 Å². The van der Waals surface area contributed by atoms with Gasteiger partial charge in [0.05, 0.1) is 33.0 Å². The number of nitrogens with zero attached hydrogens (tertiary/aromatic N) is 2. The monoisotopic (exact) mass is 614 g/mol. The molecule has 0 saturated carbocycles. The van der Waals surface area contributed by atoms with Gasteiger partial charge >= 0.3 is 30.2 Å². The number of methoxy groups -OCH3 is 2. The highest BCUT2D eigenvalue weighted by Crippen LogP contribution is 2.28. The van der Waals surface area contributed by atoms with Crippen LogP contribution in [-0.2, 0) is 33.3 Å². The maximum absolute atomic E-state index is 15.5. The lowest BCUT2D eigenvalue weighted by atomic mass is 10.2. The van der Waals surface area contributed by atoms with Crippen LogP contribution in [0.1, 0.15) is 47.1 Å². The zero-order valence-electron chi connectivity index (χ0n) is 24.6. The van der Waals surface area contributed by atoms with E-state index in [0.29, 0.717) is 11.8 Å². The molecule has 0 spiro atoms. The van der Waals surface area contributed by atoms with E-state index in [2.05, 4.69) is 25.3 Å². The van der Waals surface area contributed by atoms with E-state index < -0.39 is 58.6 Å². The Morgan fingerprint density at radius 2 is 1.62 bits per heavy atom. The van der Waals surface area contributed by atoms with Gasteiger partial charge in [0, 0.05) is 5.56 Å². The fraction of sp³-hybridized carbons (Fsp3) is 0.538. The van der Waals surface area contributed by atoms with Crippen molar-refractivity contribution in [3.8, 4) is 0 Å². The summed E-state index contributed by atoms with van der Waals surface area (Å²) in [6.07, 6.45) is -3.17. The molecule has 1 aliphatic rings. The number of ether oxygens (including phenoxy) is 5. The van der Waals surface area contributed by atoms with Gasteiger partial charge in [-0.2, -0.15) is 5.10 Å². The van der Waals surface area contributed by atoms with Gasteiger partial charge in [0.25, 0.3) is 0 Å². The molecular formula is C26H35FN4O10S. The van der Waals surface area contributed by atoms with Crippen LogP contribution in [0.5, 0.6) is 0 Å². The topological polar surface area (TPSA) is 171 Å². The zero-order valence-corrected chi connectivity index (χ0v) is 25.4. The van der Waals surface area contributed by atoms with Crippen molar-refractivity contribution in [3.05, 3.63) is 29.6 Å². The van der Waals surface area contributed by atoms with Crippen LogP contribution < -0.4 is 15.6 Å². The van der Waals surface area contributed by atoms with Gasteiger partial charge in [-0.3, -0.25) is 14.5 Å².